The molecule has 5 nitrogen and oxygen atoms in total. The predicted octanol–water partition coefficient (Wildman–Crippen LogP) is 2.26. The Bertz CT molecular complexity index is 389. The monoisotopic (exact) mass is 266 g/mol. The van der Waals surface area contributed by atoms with Gasteiger partial charge in [0.1, 0.15) is 6.54 Å². The maximum Gasteiger partial charge on any atom is 0.241 e. The fourth-order valence-corrected chi connectivity index (χ4v) is 1.97. The van der Waals surface area contributed by atoms with E-state index >= 15 is 0 Å². The Morgan fingerprint density at radius 3 is 2.74 bits per heavy atom. The van der Waals surface area contributed by atoms with Crippen molar-refractivity contribution in [1.29, 1.82) is 0 Å². The molecule has 0 bridgehead atoms. The minimum atomic E-state index is -0.0405. The van der Waals surface area contributed by atoms with Gasteiger partial charge in [-0.3, -0.25) is 9.48 Å². The molecule has 0 saturated heterocycles. The van der Waals surface area contributed by atoms with Gasteiger partial charge in [-0.25, -0.2) is 0 Å². The van der Waals surface area contributed by atoms with Crippen LogP contribution in [-0.2, 0) is 11.3 Å². The van der Waals surface area contributed by atoms with Crippen LogP contribution in [-0.4, -0.2) is 28.8 Å². The van der Waals surface area contributed by atoms with Crippen molar-refractivity contribution in [3.8, 4) is 0 Å². The summed E-state index contributed by atoms with van der Waals surface area (Å²) in [7, 11) is 1.63. The molecule has 0 fully saturated rings. The summed E-state index contributed by atoms with van der Waals surface area (Å²) in [5.41, 5.74) is 0.985. The van der Waals surface area contributed by atoms with E-state index < -0.39 is 0 Å². The second-order valence-electron chi connectivity index (χ2n) is 5.10. The maximum absolute atomic E-state index is 11.3. The van der Waals surface area contributed by atoms with Gasteiger partial charge in [0, 0.05) is 19.3 Å². The molecule has 2 N–H and O–H groups in total. The molecule has 0 aromatic carbocycles. The quantitative estimate of drug-likeness (QED) is 0.758. The summed E-state index contributed by atoms with van der Waals surface area (Å²) in [5, 5.41) is 10.3. The van der Waals surface area contributed by atoms with Crippen LogP contribution in [0.4, 0.5) is 5.69 Å². The molecule has 2 atom stereocenters. The van der Waals surface area contributed by atoms with E-state index in [9.17, 15) is 4.79 Å². The molecule has 0 radical (unpaired) electrons. The van der Waals surface area contributed by atoms with Crippen molar-refractivity contribution < 1.29 is 4.79 Å². The van der Waals surface area contributed by atoms with Crippen LogP contribution >= 0.6 is 0 Å². The normalized spacial score (nSPS) is 13.9. The summed E-state index contributed by atoms with van der Waals surface area (Å²) in [6.07, 6.45) is 7.11. The molecule has 19 heavy (non-hydrogen) atoms. The lowest BCUT2D eigenvalue weighted by Gasteiger charge is -2.20. The Labute approximate surface area is 115 Å². The van der Waals surface area contributed by atoms with Gasteiger partial charge >= 0.3 is 0 Å². The summed E-state index contributed by atoms with van der Waals surface area (Å²) in [5.74, 6) is 0.680. The number of aromatic nitrogens is 2. The molecule has 1 amide bonds. The first-order chi connectivity index (χ1) is 9.08. The SMILES string of the molecule is CCC(C)CC(CC)Nc1cnn(CC(=O)NC)c1. The largest absolute Gasteiger partial charge is 0.380 e. The smallest absolute Gasteiger partial charge is 0.241 e. The van der Waals surface area contributed by atoms with E-state index in [1.807, 2.05) is 6.20 Å². The lowest BCUT2D eigenvalue weighted by atomic mass is 9.98. The average molecular weight is 266 g/mol. The topological polar surface area (TPSA) is 59.0 Å². The number of nitrogens with zero attached hydrogens (tertiary/aromatic N) is 2. The van der Waals surface area contributed by atoms with Crippen molar-refractivity contribution in [3.05, 3.63) is 12.4 Å². The van der Waals surface area contributed by atoms with Crippen LogP contribution in [0.3, 0.4) is 0 Å². The van der Waals surface area contributed by atoms with Gasteiger partial charge in [0.05, 0.1) is 11.9 Å². The average Bonchev–Trinajstić information content (AvgIpc) is 2.84. The number of rotatable bonds is 8. The summed E-state index contributed by atoms with van der Waals surface area (Å²) < 4.78 is 1.65. The molecule has 0 saturated carbocycles. The summed E-state index contributed by atoms with van der Waals surface area (Å²) in [4.78, 5) is 11.3. The molecule has 1 heterocycles. The fourth-order valence-electron chi connectivity index (χ4n) is 1.97. The molecule has 0 spiro atoms. The molecular weight excluding hydrogens is 240 g/mol. The van der Waals surface area contributed by atoms with Gasteiger partial charge < -0.3 is 10.6 Å². The minimum absolute atomic E-state index is 0.0405. The molecule has 5 heteroatoms. The zero-order chi connectivity index (χ0) is 14.3. The van der Waals surface area contributed by atoms with Gasteiger partial charge in [-0.1, -0.05) is 27.2 Å². The minimum Gasteiger partial charge on any atom is -0.380 e. The number of carbonyl (C=O) groups excluding carboxylic acids is 1. The second-order valence-corrected chi connectivity index (χ2v) is 5.10. The third-order valence-corrected chi connectivity index (χ3v) is 3.47. The molecule has 1 aromatic rings. The highest BCUT2D eigenvalue weighted by Gasteiger charge is 2.11. The van der Waals surface area contributed by atoms with E-state index in [0.717, 1.165) is 24.4 Å². The zero-order valence-electron chi connectivity index (χ0n) is 12.4. The van der Waals surface area contributed by atoms with E-state index in [0.29, 0.717) is 6.04 Å². The predicted molar refractivity (Wildman–Crippen MR) is 78.1 cm³/mol. The number of nitrogens with one attached hydrogen (secondary N) is 2. The van der Waals surface area contributed by atoms with Crippen LogP contribution in [0.5, 0.6) is 0 Å². The van der Waals surface area contributed by atoms with Crippen molar-refractivity contribution in [1.82, 2.24) is 15.1 Å². The van der Waals surface area contributed by atoms with Gasteiger partial charge in [-0.15, -0.1) is 0 Å². The zero-order valence-corrected chi connectivity index (χ0v) is 12.4. The van der Waals surface area contributed by atoms with Crippen molar-refractivity contribution in [2.45, 2.75) is 52.6 Å². The highest BCUT2D eigenvalue weighted by Crippen LogP contribution is 2.16. The molecule has 0 aliphatic heterocycles. The molecular formula is C14H26N4O. The lowest BCUT2D eigenvalue weighted by molar-refractivity contribution is -0.121. The highest BCUT2D eigenvalue weighted by molar-refractivity contribution is 5.75. The van der Waals surface area contributed by atoms with E-state index in [1.54, 1.807) is 17.9 Å². The Balaban J connectivity index is 2.53. The highest BCUT2D eigenvalue weighted by atomic mass is 16.1. The van der Waals surface area contributed by atoms with Crippen LogP contribution in [0.1, 0.15) is 40.0 Å². The molecule has 2 unspecified atom stereocenters. The van der Waals surface area contributed by atoms with E-state index in [2.05, 4.69) is 36.5 Å². The Kier molecular flexibility index (Phi) is 6.39. The standard InChI is InChI=1S/C14H26N4O/c1-5-11(3)7-12(6-2)17-13-8-16-18(9-13)10-14(19)15-4/h8-9,11-12,17H,5-7,10H2,1-4H3,(H,15,19). The number of anilines is 1. The number of hydrogen-bond acceptors (Lipinski definition) is 3. The Morgan fingerprint density at radius 1 is 1.42 bits per heavy atom. The third kappa shape index (κ3) is 5.32. The third-order valence-electron chi connectivity index (χ3n) is 3.47. The van der Waals surface area contributed by atoms with Crippen LogP contribution < -0.4 is 10.6 Å². The number of hydrogen-bond donors (Lipinski definition) is 2. The summed E-state index contributed by atoms with van der Waals surface area (Å²) >= 11 is 0. The van der Waals surface area contributed by atoms with E-state index in [4.69, 9.17) is 0 Å². The van der Waals surface area contributed by atoms with Crippen molar-refractivity contribution in [2.75, 3.05) is 12.4 Å². The number of likely N-dealkylation sites (N-methyl/N-ethyl adjacent to an activating group) is 1. The van der Waals surface area contributed by atoms with Gasteiger partial charge in [-0.2, -0.15) is 5.10 Å². The fraction of sp³-hybridized carbons (Fsp3) is 0.714. The van der Waals surface area contributed by atoms with Crippen molar-refractivity contribution in [3.63, 3.8) is 0 Å². The van der Waals surface area contributed by atoms with E-state index in [1.165, 1.54) is 6.42 Å². The van der Waals surface area contributed by atoms with Gasteiger partial charge in [0.25, 0.3) is 0 Å². The summed E-state index contributed by atoms with van der Waals surface area (Å²) in [6.45, 7) is 6.95. The van der Waals surface area contributed by atoms with Crippen molar-refractivity contribution in [2.24, 2.45) is 5.92 Å². The first-order valence-electron chi connectivity index (χ1n) is 7.08. The molecule has 1 rings (SSSR count). The first-order valence-corrected chi connectivity index (χ1v) is 7.08. The van der Waals surface area contributed by atoms with E-state index in [-0.39, 0.29) is 12.5 Å². The Morgan fingerprint density at radius 2 is 2.16 bits per heavy atom. The Hall–Kier alpha value is -1.52. The molecule has 0 aliphatic carbocycles. The number of amides is 1. The lowest BCUT2D eigenvalue weighted by Crippen LogP contribution is -2.23. The van der Waals surface area contributed by atoms with Crippen LogP contribution in [0.2, 0.25) is 0 Å². The maximum atomic E-state index is 11.3. The van der Waals surface area contributed by atoms with Crippen LogP contribution in [0.25, 0.3) is 0 Å². The van der Waals surface area contributed by atoms with Gasteiger partial charge in [0.2, 0.25) is 5.91 Å². The van der Waals surface area contributed by atoms with Crippen molar-refractivity contribution >= 4 is 11.6 Å². The molecule has 108 valence electrons. The molecule has 1 aromatic heterocycles. The first kappa shape index (κ1) is 15.5. The summed E-state index contributed by atoms with van der Waals surface area (Å²) in [6, 6.07) is 0.465. The van der Waals surface area contributed by atoms with Gasteiger partial charge in [-0.05, 0) is 18.8 Å². The van der Waals surface area contributed by atoms with Gasteiger partial charge in [0.15, 0.2) is 0 Å². The molecule has 0 aliphatic rings. The van der Waals surface area contributed by atoms with Crippen LogP contribution in [0.15, 0.2) is 12.4 Å². The second kappa shape index (κ2) is 7.81. The number of carbonyl (C=O) groups is 1. The van der Waals surface area contributed by atoms with Crippen LogP contribution in [0, 0.1) is 5.92 Å².